The first-order chi connectivity index (χ1) is 14.2. The number of rotatable bonds is 6. The number of methoxy groups -OCH3 is 2. The van der Waals surface area contributed by atoms with Crippen LogP contribution in [-0.2, 0) is 0 Å². The molecule has 0 fully saturated rings. The Hall–Kier alpha value is -4.07. The predicted octanol–water partition coefficient (Wildman–Crippen LogP) is 3.34. The second-order valence-corrected chi connectivity index (χ2v) is 6.22. The molecule has 29 heavy (non-hydrogen) atoms. The third-order valence-electron chi connectivity index (χ3n) is 4.50. The fraction of sp³-hybridized carbons (Fsp3) is 0.0952. The third kappa shape index (κ3) is 3.68. The number of nitrogens with zero attached hydrogens (tertiary/aromatic N) is 2. The molecule has 4 rings (SSSR count). The molecule has 0 spiro atoms. The number of benzene rings is 2. The average molecular weight is 389 g/mol. The number of aromatic amines is 2. The highest BCUT2D eigenvalue weighted by Crippen LogP contribution is 2.32. The normalized spacial score (nSPS) is 11.1. The van der Waals surface area contributed by atoms with Gasteiger partial charge in [0.05, 0.1) is 26.1 Å². The third-order valence-corrected chi connectivity index (χ3v) is 4.50. The van der Waals surface area contributed by atoms with Gasteiger partial charge in [0.25, 0.3) is 5.91 Å². The Morgan fingerprint density at radius 3 is 2.83 bits per heavy atom. The van der Waals surface area contributed by atoms with E-state index in [4.69, 9.17) is 9.47 Å². The molecule has 8 nitrogen and oxygen atoms in total. The van der Waals surface area contributed by atoms with E-state index in [9.17, 15) is 4.79 Å². The van der Waals surface area contributed by atoms with Crippen LogP contribution >= 0.6 is 0 Å². The highest BCUT2D eigenvalue weighted by atomic mass is 16.5. The van der Waals surface area contributed by atoms with Crippen LogP contribution in [0.15, 0.2) is 59.8 Å². The topological polar surface area (TPSA) is 104 Å². The Morgan fingerprint density at radius 1 is 1.14 bits per heavy atom. The number of amides is 1. The number of hydrogen-bond acceptors (Lipinski definition) is 5. The molecule has 0 atom stereocenters. The van der Waals surface area contributed by atoms with Crippen LogP contribution in [0.2, 0.25) is 0 Å². The van der Waals surface area contributed by atoms with Crippen molar-refractivity contribution in [2.75, 3.05) is 14.2 Å². The van der Waals surface area contributed by atoms with E-state index >= 15 is 0 Å². The summed E-state index contributed by atoms with van der Waals surface area (Å²) in [7, 11) is 3.16. The van der Waals surface area contributed by atoms with Gasteiger partial charge in [0.1, 0.15) is 17.2 Å². The molecule has 0 aliphatic carbocycles. The van der Waals surface area contributed by atoms with Gasteiger partial charge in [-0.25, -0.2) is 5.43 Å². The number of para-hydroxylation sites is 1. The molecule has 146 valence electrons. The van der Waals surface area contributed by atoms with Gasteiger partial charge in [-0.3, -0.25) is 9.89 Å². The van der Waals surface area contributed by atoms with Crippen molar-refractivity contribution in [3.63, 3.8) is 0 Å². The number of hydrogen-bond donors (Lipinski definition) is 3. The molecule has 1 amide bonds. The molecule has 2 heterocycles. The van der Waals surface area contributed by atoms with Crippen molar-refractivity contribution in [2.24, 2.45) is 5.10 Å². The lowest BCUT2D eigenvalue weighted by molar-refractivity contribution is 0.0950. The zero-order chi connectivity index (χ0) is 20.2. The van der Waals surface area contributed by atoms with Crippen molar-refractivity contribution in [1.29, 1.82) is 0 Å². The minimum absolute atomic E-state index is 0.279. The largest absolute Gasteiger partial charge is 0.497 e. The maximum absolute atomic E-state index is 12.4. The quantitative estimate of drug-likeness (QED) is 0.347. The van der Waals surface area contributed by atoms with Crippen LogP contribution in [-0.4, -0.2) is 41.5 Å². The second-order valence-electron chi connectivity index (χ2n) is 6.22. The minimum Gasteiger partial charge on any atom is -0.497 e. The molecule has 3 N–H and O–H groups in total. The number of hydrazone groups is 1. The van der Waals surface area contributed by atoms with Gasteiger partial charge in [-0.1, -0.05) is 18.2 Å². The van der Waals surface area contributed by atoms with Gasteiger partial charge >= 0.3 is 0 Å². The molecular weight excluding hydrogens is 370 g/mol. The van der Waals surface area contributed by atoms with E-state index in [1.165, 1.54) is 0 Å². The summed E-state index contributed by atoms with van der Waals surface area (Å²) < 4.78 is 10.6. The average Bonchev–Trinajstić information content (AvgIpc) is 3.41. The maximum Gasteiger partial charge on any atom is 0.289 e. The Labute approximate surface area is 166 Å². The van der Waals surface area contributed by atoms with Gasteiger partial charge < -0.3 is 14.5 Å². The first-order valence-corrected chi connectivity index (χ1v) is 8.87. The Kier molecular flexibility index (Phi) is 4.98. The molecule has 2 aromatic heterocycles. The van der Waals surface area contributed by atoms with Crippen LogP contribution in [0.3, 0.4) is 0 Å². The first-order valence-electron chi connectivity index (χ1n) is 8.87. The lowest BCUT2D eigenvalue weighted by Gasteiger charge is -2.08. The monoisotopic (exact) mass is 389 g/mol. The van der Waals surface area contributed by atoms with Crippen molar-refractivity contribution >= 4 is 23.0 Å². The summed E-state index contributed by atoms with van der Waals surface area (Å²) in [4.78, 5) is 15.6. The summed E-state index contributed by atoms with van der Waals surface area (Å²) in [6.07, 6.45) is 3.43. The van der Waals surface area contributed by atoms with Crippen LogP contribution in [0.5, 0.6) is 11.5 Å². The second kappa shape index (κ2) is 7.89. The molecule has 2 aromatic carbocycles. The molecule has 8 heteroatoms. The summed E-state index contributed by atoms with van der Waals surface area (Å²) in [5, 5.41) is 12.0. The highest BCUT2D eigenvalue weighted by Gasteiger charge is 2.14. The van der Waals surface area contributed by atoms with Gasteiger partial charge in [-0.2, -0.15) is 10.2 Å². The van der Waals surface area contributed by atoms with Gasteiger partial charge in [-0.05, 0) is 30.3 Å². The molecule has 0 bridgehead atoms. The number of ether oxygens (including phenoxy) is 2. The molecule has 4 aromatic rings. The first kappa shape index (κ1) is 18.3. The van der Waals surface area contributed by atoms with Crippen LogP contribution in [0.25, 0.3) is 22.2 Å². The van der Waals surface area contributed by atoms with Gasteiger partial charge in [0.2, 0.25) is 0 Å². The fourth-order valence-corrected chi connectivity index (χ4v) is 3.01. The van der Waals surface area contributed by atoms with E-state index in [1.807, 2.05) is 30.5 Å². The SMILES string of the molecule is COc1ccc(OC)c(-c2cc(C(=O)NN=Cc3c[nH]c4ccccc34)[nH]n2)c1. The number of fused-ring (bicyclic) bond motifs is 1. The van der Waals surface area contributed by atoms with E-state index in [-0.39, 0.29) is 5.69 Å². The molecular formula is C21H19N5O3. The van der Waals surface area contributed by atoms with E-state index in [2.05, 4.69) is 25.7 Å². The van der Waals surface area contributed by atoms with Gasteiger partial charge in [0, 0.05) is 28.2 Å². The lowest BCUT2D eigenvalue weighted by atomic mass is 10.1. The lowest BCUT2D eigenvalue weighted by Crippen LogP contribution is -2.17. The van der Waals surface area contributed by atoms with Crippen molar-refractivity contribution in [3.8, 4) is 22.8 Å². The summed E-state index contributed by atoms with van der Waals surface area (Å²) >= 11 is 0. The number of nitrogens with one attached hydrogen (secondary N) is 3. The zero-order valence-electron chi connectivity index (χ0n) is 15.9. The molecule has 0 saturated carbocycles. The Morgan fingerprint density at radius 2 is 2.00 bits per heavy atom. The van der Waals surface area contributed by atoms with Crippen molar-refractivity contribution in [2.45, 2.75) is 0 Å². The summed E-state index contributed by atoms with van der Waals surface area (Å²) in [5.41, 5.74) is 5.95. The Bertz CT molecular complexity index is 1190. The highest BCUT2D eigenvalue weighted by molar-refractivity contribution is 6.00. The summed E-state index contributed by atoms with van der Waals surface area (Å²) in [6.45, 7) is 0. The van der Waals surface area contributed by atoms with Crippen LogP contribution in [0.1, 0.15) is 16.1 Å². The Balaban J connectivity index is 1.50. The van der Waals surface area contributed by atoms with Crippen LogP contribution in [0, 0.1) is 0 Å². The standard InChI is InChI=1S/C21H19N5O3/c1-28-14-7-8-20(29-2)16(9-14)18-10-19(25-24-18)21(27)26-23-12-13-11-22-17-6-4-3-5-15(13)17/h3-12,22H,1-2H3,(H,24,25)(H,26,27). The van der Waals surface area contributed by atoms with E-state index < -0.39 is 5.91 Å². The van der Waals surface area contributed by atoms with Crippen molar-refractivity contribution in [1.82, 2.24) is 20.6 Å². The molecule has 0 aliphatic heterocycles. The van der Waals surface area contributed by atoms with Crippen molar-refractivity contribution in [3.05, 3.63) is 66.0 Å². The molecule has 0 aliphatic rings. The summed E-state index contributed by atoms with van der Waals surface area (Å²) in [5.74, 6) is 0.890. The number of carbonyl (C=O) groups excluding carboxylic acids is 1. The number of carbonyl (C=O) groups is 1. The van der Waals surface area contributed by atoms with Crippen LogP contribution in [0.4, 0.5) is 0 Å². The summed E-state index contributed by atoms with van der Waals surface area (Å²) in [6, 6.07) is 14.9. The van der Waals surface area contributed by atoms with Gasteiger partial charge in [-0.15, -0.1) is 0 Å². The number of aromatic nitrogens is 3. The molecule has 0 saturated heterocycles. The fourth-order valence-electron chi connectivity index (χ4n) is 3.01. The zero-order valence-corrected chi connectivity index (χ0v) is 15.9. The molecule has 0 radical (unpaired) electrons. The van der Waals surface area contributed by atoms with Crippen LogP contribution < -0.4 is 14.9 Å². The van der Waals surface area contributed by atoms with Gasteiger partial charge in [0.15, 0.2) is 0 Å². The molecule has 0 unspecified atom stereocenters. The smallest absolute Gasteiger partial charge is 0.289 e. The maximum atomic E-state index is 12.4. The number of H-pyrrole nitrogens is 2. The van der Waals surface area contributed by atoms with E-state index in [0.717, 1.165) is 16.5 Å². The predicted molar refractivity (Wildman–Crippen MR) is 110 cm³/mol. The minimum atomic E-state index is -0.401. The van der Waals surface area contributed by atoms with E-state index in [1.54, 1.807) is 44.7 Å². The van der Waals surface area contributed by atoms with E-state index in [0.29, 0.717) is 22.8 Å². The van der Waals surface area contributed by atoms with Crippen molar-refractivity contribution < 1.29 is 14.3 Å².